The van der Waals surface area contributed by atoms with Gasteiger partial charge in [-0.3, -0.25) is 9.59 Å². The number of nitrogens with zero attached hydrogens (tertiary/aromatic N) is 3. The van der Waals surface area contributed by atoms with Crippen molar-refractivity contribution in [3.05, 3.63) is 11.9 Å². The Kier molecular flexibility index (Phi) is 5.30. The Bertz CT molecular complexity index is 472. The minimum Gasteiger partial charge on any atom is -0.348 e. The van der Waals surface area contributed by atoms with E-state index in [1.54, 1.807) is 0 Å². The molecule has 0 spiro atoms. The third kappa shape index (κ3) is 4.54. The lowest BCUT2D eigenvalue weighted by Crippen LogP contribution is -2.36. The van der Waals surface area contributed by atoms with Crippen LogP contribution < -0.4 is 5.32 Å². The van der Waals surface area contributed by atoms with Crippen LogP contribution in [0.25, 0.3) is 0 Å². The number of aromatic amines is 1. The van der Waals surface area contributed by atoms with Gasteiger partial charge in [-0.15, -0.1) is 0 Å². The number of amides is 2. The number of hydrogen-bond acceptors (Lipinski definition) is 4. The summed E-state index contributed by atoms with van der Waals surface area (Å²) >= 11 is 0. The number of likely N-dealkylation sites (tertiary alicyclic amines) is 1. The van der Waals surface area contributed by atoms with Gasteiger partial charge < -0.3 is 10.2 Å². The molecule has 2 N–H and O–H groups in total. The largest absolute Gasteiger partial charge is 0.348 e. The van der Waals surface area contributed by atoms with Crippen molar-refractivity contribution in [2.45, 2.75) is 45.6 Å². The Balaban J connectivity index is 1.85. The first-order valence-electron chi connectivity index (χ1n) is 7.50. The van der Waals surface area contributed by atoms with E-state index in [0.29, 0.717) is 25.3 Å². The average molecular weight is 293 g/mol. The van der Waals surface area contributed by atoms with E-state index in [0.717, 1.165) is 19.4 Å². The molecule has 0 aromatic carbocycles. The van der Waals surface area contributed by atoms with E-state index in [1.165, 1.54) is 6.20 Å². The van der Waals surface area contributed by atoms with Gasteiger partial charge in [0.15, 0.2) is 5.69 Å². The van der Waals surface area contributed by atoms with Gasteiger partial charge in [-0.1, -0.05) is 13.8 Å². The van der Waals surface area contributed by atoms with Gasteiger partial charge in [0, 0.05) is 25.6 Å². The topological polar surface area (TPSA) is 91.0 Å². The zero-order valence-electron chi connectivity index (χ0n) is 12.6. The Labute approximate surface area is 124 Å². The summed E-state index contributed by atoms with van der Waals surface area (Å²) in [7, 11) is 0. The van der Waals surface area contributed by atoms with Crippen LogP contribution in [0.2, 0.25) is 0 Å². The Morgan fingerprint density at radius 1 is 1.52 bits per heavy atom. The zero-order chi connectivity index (χ0) is 15.2. The summed E-state index contributed by atoms with van der Waals surface area (Å²) in [5, 5.41) is 12.7. The molecule has 0 aliphatic carbocycles. The van der Waals surface area contributed by atoms with Gasteiger partial charge in [-0.05, 0) is 25.2 Å². The molecule has 2 rings (SSSR count). The van der Waals surface area contributed by atoms with Crippen molar-refractivity contribution in [2.24, 2.45) is 5.92 Å². The zero-order valence-corrected chi connectivity index (χ0v) is 12.6. The maximum Gasteiger partial charge on any atom is 0.273 e. The minimum absolute atomic E-state index is 0.0159. The summed E-state index contributed by atoms with van der Waals surface area (Å²) in [6, 6.07) is 0.0159. The maximum absolute atomic E-state index is 12.1. The molecule has 7 heteroatoms. The van der Waals surface area contributed by atoms with Gasteiger partial charge >= 0.3 is 0 Å². The number of rotatable bonds is 5. The fourth-order valence-corrected chi connectivity index (χ4v) is 2.40. The normalized spacial score (nSPS) is 19.7. The molecule has 1 aliphatic heterocycles. The number of aromatic nitrogens is 3. The van der Waals surface area contributed by atoms with Crippen LogP contribution in [-0.2, 0) is 4.79 Å². The molecular formula is C14H23N5O2. The van der Waals surface area contributed by atoms with Gasteiger partial charge in [-0.25, -0.2) is 0 Å². The van der Waals surface area contributed by atoms with Crippen LogP contribution in [0.15, 0.2) is 6.20 Å². The lowest BCUT2D eigenvalue weighted by molar-refractivity contribution is -0.130. The van der Waals surface area contributed by atoms with E-state index >= 15 is 0 Å². The van der Waals surface area contributed by atoms with Crippen LogP contribution in [0.4, 0.5) is 0 Å². The molecule has 2 heterocycles. The lowest BCUT2D eigenvalue weighted by Gasteiger charge is -2.22. The van der Waals surface area contributed by atoms with Crippen LogP contribution in [0.1, 0.15) is 50.0 Å². The van der Waals surface area contributed by atoms with Crippen LogP contribution in [0, 0.1) is 5.92 Å². The van der Waals surface area contributed by atoms with Gasteiger partial charge in [0.1, 0.15) is 0 Å². The molecule has 0 radical (unpaired) electrons. The molecular weight excluding hydrogens is 270 g/mol. The molecule has 7 nitrogen and oxygen atoms in total. The van der Waals surface area contributed by atoms with E-state index in [2.05, 4.69) is 34.6 Å². The van der Waals surface area contributed by atoms with Crippen molar-refractivity contribution in [2.75, 3.05) is 13.1 Å². The van der Waals surface area contributed by atoms with Crippen molar-refractivity contribution >= 4 is 11.8 Å². The molecule has 21 heavy (non-hydrogen) atoms. The molecule has 2 amide bonds. The Morgan fingerprint density at radius 3 is 3.00 bits per heavy atom. The molecule has 116 valence electrons. The fourth-order valence-electron chi connectivity index (χ4n) is 2.40. The summed E-state index contributed by atoms with van der Waals surface area (Å²) in [5.74, 6) is 0.536. The summed E-state index contributed by atoms with van der Waals surface area (Å²) in [5.41, 5.74) is 0.280. The number of H-pyrrole nitrogens is 1. The molecule has 1 fully saturated rings. The van der Waals surface area contributed by atoms with Gasteiger partial charge in [0.05, 0.1) is 6.20 Å². The number of hydrogen-bond donors (Lipinski definition) is 2. The lowest BCUT2D eigenvalue weighted by atomic mass is 10.1. The standard InChI is InChI=1S/C14H23N5O2/c1-10(2)5-7-19-8-6-11(3-4-13(19)20)16-14(21)12-9-15-18-17-12/h9-11H,3-8H2,1-2H3,(H,16,21)(H,15,17,18). The van der Waals surface area contributed by atoms with Crippen molar-refractivity contribution in [3.63, 3.8) is 0 Å². The second kappa shape index (κ2) is 7.19. The molecule has 1 aliphatic rings. The molecule has 0 bridgehead atoms. The fraction of sp³-hybridized carbons (Fsp3) is 0.714. The highest BCUT2D eigenvalue weighted by molar-refractivity contribution is 5.92. The summed E-state index contributed by atoms with van der Waals surface area (Å²) in [6.45, 7) is 5.82. The molecule has 1 saturated heterocycles. The Morgan fingerprint density at radius 2 is 2.33 bits per heavy atom. The van der Waals surface area contributed by atoms with Crippen molar-refractivity contribution in [1.29, 1.82) is 0 Å². The van der Waals surface area contributed by atoms with Crippen LogP contribution in [-0.4, -0.2) is 51.3 Å². The second-order valence-corrected chi connectivity index (χ2v) is 5.92. The quantitative estimate of drug-likeness (QED) is 0.846. The maximum atomic E-state index is 12.1. The van der Waals surface area contributed by atoms with Crippen molar-refractivity contribution in [1.82, 2.24) is 25.6 Å². The first kappa shape index (κ1) is 15.5. The monoisotopic (exact) mass is 293 g/mol. The van der Waals surface area contributed by atoms with Gasteiger partial charge in [0.25, 0.3) is 5.91 Å². The first-order valence-corrected chi connectivity index (χ1v) is 7.50. The highest BCUT2D eigenvalue weighted by Gasteiger charge is 2.24. The van der Waals surface area contributed by atoms with E-state index in [9.17, 15) is 9.59 Å². The van der Waals surface area contributed by atoms with E-state index < -0.39 is 0 Å². The molecule has 1 atom stereocenters. The Hall–Kier alpha value is -1.92. The summed E-state index contributed by atoms with van der Waals surface area (Å²) in [6.07, 6.45) is 4.36. The van der Waals surface area contributed by atoms with E-state index in [-0.39, 0.29) is 23.6 Å². The number of carbonyl (C=O) groups excluding carboxylic acids is 2. The van der Waals surface area contributed by atoms with Crippen LogP contribution in [0.5, 0.6) is 0 Å². The van der Waals surface area contributed by atoms with Gasteiger partial charge in [0.2, 0.25) is 5.91 Å². The number of nitrogens with one attached hydrogen (secondary N) is 2. The average Bonchev–Trinajstić information content (AvgIpc) is 2.92. The predicted octanol–water partition coefficient (Wildman–Crippen LogP) is 0.962. The second-order valence-electron chi connectivity index (χ2n) is 5.92. The minimum atomic E-state index is -0.239. The van der Waals surface area contributed by atoms with E-state index in [4.69, 9.17) is 0 Å². The number of carbonyl (C=O) groups is 2. The van der Waals surface area contributed by atoms with Crippen LogP contribution >= 0.6 is 0 Å². The smallest absolute Gasteiger partial charge is 0.273 e. The first-order chi connectivity index (χ1) is 10.1. The molecule has 1 aromatic rings. The molecule has 0 saturated carbocycles. The van der Waals surface area contributed by atoms with Crippen molar-refractivity contribution in [3.8, 4) is 0 Å². The third-order valence-electron chi connectivity index (χ3n) is 3.77. The summed E-state index contributed by atoms with van der Waals surface area (Å²) < 4.78 is 0. The predicted molar refractivity (Wildman–Crippen MR) is 77.5 cm³/mol. The van der Waals surface area contributed by atoms with E-state index in [1.807, 2.05) is 4.90 Å². The third-order valence-corrected chi connectivity index (χ3v) is 3.77. The van der Waals surface area contributed by atoms with Crippen molar-refractivity contribution < 1.29 is 9.59 Å². The summed E-state index contributed by atoms with van der Waals surface area (Å²) in [4.78, 5) is 25.9. The van der Waals surface area contributed by atoms with Crippen LogP contribution in [0.3, 0.4) is 0 Å². The van der Waals surface area contributed by atoms with Gasteiger partial charge in [-0.2, -0.15) is 15.4 Å². The molecule has 1 unspecified atom stereocenters. The SMILES string of the molecule is CC(C)CCN1CCC(NC(=O)c2cn[nH]n2)CCC1=O. The highest BCUT2D eigenvalue weighted by Crippen LogP contribution is 2.14. The molecule has 1 aromatic heterocycles. The highest BCUT2D eigenvalue weighted by atomic mass is 16.2.